The van der Waals surface area contributed by atoms with E-state index in [1.54, 1.807) is 19.1 Å². The Labute approximate surface area is 174 Å². The largest absolute Gasteiger partial charge is 0.454 e. The number of carbonyl (C=O) groups excluding carboxylic acids is 1. The van der Waals surface area contributed by atoms with Gasteiger partial charge in [-0.1, -0.05) is 19.1 Å². The Morgan fingerprint density at radius 1 is 1.20 bits per heavy atom. The molecule has 0 aliphatic carbocycles. The Balaban J connectivity index is 1.72. The van der Waals surface area contributed by atoms with E-state index < -0.39 is 16.0 Å². The van der Waals surface area contributed by atoms with Crippen molar-refractivity contribution in [3.63, 3.8) is 0 Å². The lowest BCUT2D eigenvalue weighted by atomic mass is 10.1. The Morgan fingerprint density at radius 3 is 2.57 bits per heavy atom. The number of ether oxygens (including phenoxy) is 1. The summed E-state index contributed by atoms with van der Waals surface area (Å²) in [4.78, 5) is 31.5. The van der Waals surface area contributed by atoms with Crippen LogP contribution in [0.4, 0.5) is 0 Å². The van der Waals surface area contributed by atoms with Crippen molar-refractivity contribution in [2.75, 3.05) is 0 Å². The second-order valence-corrected chi connectivity index (χ2v) is 8.73. The molecular weight excluding hydrogens is 406 g/mol. The van der Waals surface area contributed by atoms with Crippen molar-refractivity contribution < 1.29 is 17.9 Å². The molecule has 3 rings (SSSR count). The first-order valence-corrected chi connectivity index (χ1v) is 11.0. The van der Waals surface area contributed by atoms with Crippen LogP contribution in [0, 0.1) is 6.92 Å². The van der Waals surface area contributed by atoms with Gasteiger partial charge >= 0.3 is 5.97 Å². The molecule has 0 saturated carbocycles. The second kappa shape index (κ2) is 8.76. The number of benzene rings is 2. The van der Waals surface area contributed by atoms with Crippen molar-refractivity contribution in [1.29, 1.82) is 0 Å². The number of hydrogen-bond donors (Lipinski definition) is 2. The van der Waals surface area contributed by atoms with Crippen LogP contribution in [-0.2, 0) is 21.4 Å². The van der Waals surface area contributed by atoms with Crippen molar-refractivity contribution >= 4 is 26.9 Å². The molecule has 1 unspecified atom stereocenters. The van der Waals surface area contributed by atoms with E-state index in [2.05, 4.69) is 14.7 Å². The number of rotatable bonds is 7. The number of H-pyrrole nitrogens is 1. The van der Waals surface area contributed by atoms with Gasteiger partial charge in [-0.05, 0) is 56.2 Å². The summed E-state index contributed by atoms with van der Waals surface area (Å²) in [6, 6.07) is 10.6. The van der Waals surface area contributed by atoms with Gasteiger partial charge in [-0.3, -0.25) is 4.79 Å². The van der Waals surface area contributed by atoms with Gasteiger partial charge in [-0.15, -0.1) is 0 Å². The summed E-state index contributed by atoms with van der Waals surface area (Å²) in [5.41, 5.74) is 1.28. The van der Waals surface area contributed by atoms with Crippen molar-refractivity contribution in [2.45, 2.75) is 44.7 Å². The summed E-state index contributed by atoms with van der Waals surface area (Å²) < 4.78 is 32.4. The highest BCUT2D eigenvalue weighted by Gasteiger charge is 2.17. The molecule has 2 N–H and O–H groups in total. The van der Waals surface area contributed by atoms with Crippen molar-refractivity contribution in [1.82, 2.24) is 14.7 Å². The van der Waals surface area contributed by atoms with Crippen LogP contribution in [0.3, 0.4) is 0 Å². The third kappa shape index (κ3) is 4.74. The third-order valence-corrected chi connectivity index (χ3v) is 6.30. The summed E-state index contributed by atoms with van der Waals surface area (Å²) in [7, 11) is -3.65. The summed E-state index contributed by atoms with van der Waals surface area (Å²) in [6.07, 6.45) is 0.661. The van der Waals surface area contributed by atoms with Crippen LogP contribution in [0.25, 0.3) is 10.9 Å². The van der Waals surface area contributed by atoms with Gasteiger partial charge in [0.05, 0.1) is 21.4 Å². The van der Waals surface area contributed by atoms with E-state index in [4.69, 9.17) is 4.74 Å². The van der Waals surface area contributed by atoms with E-state index in [0.717, 1.165) is 5.56 Å². The molecule has 2 aromatic carbocycles. The predicted octanol–water partition coefficient (Wildman–Crippen LogP) is 2.67. The molecule has 0 aliphatic heterocycles. The zero-order chi connectivity index (χ0) is 21.9. The SMILES string of the molecule is CCC(C)NS(=O)(=O)c1ccc(C(=O)OCc2nc3c(C)cccc3c(=O)[nH]2)cc1. The number of aryl methyl sites for hydroxylation is 1. The molecule has 0 amide bonds. The number of nitrogens with zero attached hydrogens (tertiary/aromatic N) is 1. The Hall–Kier alpha value is -3.04. The van der Waals surface area contributed by atoms with Crippen LogP contribution >= 0.6 is 0 Å². The standard InChI is InChI=1S/C21H23N3O5S/c1-4-14(3)24-30(27,28)16-10-8-15(9-11-16)21(26)29-12-18-22-19-13(2)6-5-7-17(19)20(25)23-18/h5-11,14,24H,4,12H2,1-3H3,(H,22,23,25). The van der Waals surface area contributed by atoms with Crippen LogP contribution in [0.2, 0.25) is 0 Å². The molecule has 1 aromatic heterocycles. The van der Waals surface area contributed by atoms with Gasteiger partial charge in [0.2, 0.25) is 10.0 Å². The van der Waals surface area contributed by atoms with Gasteiger partial charge in [-0.2, -0.15) is 0 Å². The topological polar surface area (TPSA) is 118 Å². The molecule has 0 aliphatic rings. The van der Waals surface area contributed by atoms with Crippen LogP contribution in [-0.4, -0.2) is 30.4 Å². The van der Waals surface area contributed by atoms with Gasteiger partial charge in [0, 0.05) is 6.04 Å². The Kier molecular flexibility index (Phi) is 6.33. The molecule has 9 heteroatoms. The lowest BCUT2D eigenvalue weighted by Crippen LogP contribution is -2.32. The first kappa shape index (κ1) is 21.7. The summed E-state index contributed by atoms with van der Waals surface area (Å²) in [5, 5.41) is 0.466. The Bertz CT molecular complexity index is 1230. The zero-order valence-electron chi connectivity index (χ0n) is 16.9. The quantitative estimate of drug-likeness (QED) is 0.558. The number of fused-ring (bicyclic) bond motifs is 1. The minimum atomic E-state index is -3.65. The van der Waals surface area contributed by atoms with Gasteiger partial charge < -0.3 is 9.72 Å². The molecule has 0 saturated heterocycles. The average Bonchev–Trinajstić information content (AvgIpc) is 2.72. The molecule has 0 fully saturated rings. The smallest absolute Gasteiger partial charge is 0.338 e. The number of carbonyl (C=O) groups is 1. The molecule has 1 atom stereocenters. The maximum Gasteiger partial charge on any atom is 0.338 e. The predicted molar refractivity (Wildman–Crippen MR) is 113 cm³/mol. The number of para-hydroxylation sites is 1. The number of aromatic amines is 1. The molecule has 0 radical (unpaired) electrons. The minimum absolute atomic E-state index is 0.0651. The maximum atomic E-state index is 12.3. The summed E-state index contributed by atoms with van der Waals surface area (Å²) in [5.74, 6) is -0.423. The van der Waals surface area contributed by atoms with E-state index in [1.807, 2.05) is 19.9 Å². The van der Waals surface area contributed by atoms with Crippen LogP contribution in [0.1, 0.15) is 42.0 Å². The van der Waals surface area contributed by atoms with E-state index >= 15 is 0 Å². The van der Waals surface area contributed by atoms with Crippen LogP contribution in [0.5, 0.6) is 0 Å². The van der Waals surface area contributed by atoms with E-state index in [0.29, 0.717) is 17.3 Å². The molecular formula is C21H23N3O5S. The van der Waals surface area contributed by atoms with Crippen molar-refractivity contribution in [2.24, 2.45) is 0 Å². The minimum Gasteiger partial charge on any atom is -0.454 e. The summed E-state index contributed by atoms with van der Waals surface area (Å²) >= 11 is 0. The summed E-state index contributed by atoms with van der Waals surface area (Å²) in [6.45, 7) is 5.28. The van der Waals surface area contributed by atoms with Crippen LogP contribution < -0.4 is 10.3 Å². The molecule has 158 valence electrons. The normalized spacial score (nSPS) is 12.6. The fourth-order valence-electron chi connectivity index (χ4n) is 2.82. The third-order valence-electron chi connectivity index (χ3n) is 4.70. The van der Waals surface area contributed by atoms with Crippen molar-refractivity contribution in [3.05, 3.63) is 69.8 Å². The first-order valence-electron chi connectivity index (χ1n) is 9.49. The zero-order valence-corrected chi connectivity index (χ0v) is 17.7. The van der Waals surface area contributed by atoms with E-state index in [-0.39, 0.29) is 34.5 Å². The molecule has 1 heterocycles. The average molecular weight is 429 g/mol. The fraction of sp³-hybridized carbons (Fsp3) is 0.286. The van der Waals surface area contributed by atoms with Crippen LogP contribution in [0.15, 0.2) is 52.2 Å². The highest BCUT2D eigenvalue weighted by atomic mass is 32.2. The number of nitrogens with one attached hydrogen (secondary N) is 2. The van der Waals surface area contributed by atoms with E-state index in [9.17, 15) is 18.0 Å². The Morgan fingerprint density at radius 2 is 1.90 bits per heavy atom. The molecule has 8 nitrogen and oxygen atoms in total. The van der Waals surface area contributed by atoms with Gasteiger partial charge in [0.1, 0.15) is 12.4 Å². The molecule has 0 bridgehead atoms. The lowest BCUT2D eigenvalue weighted by Gasteiger charge is -2.12. The molecule has 30 heavy (non-hydrogen) atoms. The highest BCUT2D eigenvalue weighted by Crippen LogP contribution is 2.14. The number of esters is 1. The number of sulfonamides is 1. The van der Waals surface area contributed by atoms with Crippen molar-refractivity contribution in [3.8, 4) is 0 Å². The molecule has 0 spiro atoms. The highest BCUT2D eigenvalue weighted by molar-refractivity contribution is 7.89. The van der Waals surface area contributed by atoms with Gasteiger partial charge in [-0.25, -0.2) is 22.9 Å². The van der Waals surface area contributed by atoms with Gasteiger partial charge in [0.15, 0.2) is 0 Å². The number of aromatic nitrogens is 2. The first-order chi connectivity index (χ1) is 14.2. The molecule has 3 aromatic rings. The lowest BCUT2D eigenvalue weighted by molar-refractivity contribution is 0.0462. The maximum absolute atomic E-state index is 12.3. The number of hydrogen-bond acceptors (Lipinski definition) is 6. The second-order valence-electron chi connectivity index (χ2n) is 7.01. The fourth-order valence-corrected chi connectivity index (χ4v) is 4.15. The van der Waals surface area contributed by atoms with E-state index in [1.165, 1.54) is 24.3 Å². The monoisotopic (exact) mass is 429 g/mol. The van der Waals surface area contributed by atoms with Gasteiger partial charge in [0.25, 0.3) is 5.56 Å².